The van der Waals surface area contributed by atoms with Gasteiger partial charge in [-0.2, -0.15) is 0 Å². The van der Waals surface area contributed by atoms with Gasteiger partial charge in [0, 0.05) is 11.1 Å². The van der Waals surface area contributed by atoms with Crippen molar-refractivity contribution in [3.63, 3.8) is 0 Å². The molecule has 0 aliphatic carbocycles. The molecule has 3 nitrogen and oxygen atoms in total. The molecule has 0 bridgehead atoms. The average molecular weight is 384 g/mol. The molecule has 0 fully saturated rings. The predicted molar refractivity (Wildman–Crippen MR) is 123 cm³/mol. The van der Waals surface area contributed by atoms with Gasteiger partial charge < -0.3 is 4.81 Å². The van der Waals surface area contributed by atoms with Crippen LogP contribution < -0.4 is 15.8 Å². The first-order valence-corrected chi connectivity index (χ1v) is 10.6. The first-order valence-electron chi connectivity index (χ1n) is 10.6. The monoisotopic (exact) mass is 384 g/mol. The van der Waals surface area contributed by atoms with Crippen LogP contribution in [0.2, 0.25) is 0 Å². The fourth-order valence-corrected chi connectivity index (χ4v) is 4.53. The lowest BCUT2D eigenvalue weighted by Crippen LogP contribution is -2.66. The fourth-order valence-electron chi connectivity index (χ4n) is 4.53. The lowest BCUT2D eigenvalue weighted by atomic mass is 9.51. The molecule has 4 heteroatoms. The van der Waals surface area contributed by atoms with Gasteiger partial charge in [0.05, 0.1) is 7.05 Å². The van der Waals surface area contributed by atoms with Crippen molar-refractivity contribution in [2.75, 3.05) is 7.05 Å². The molecule has 0 unspecified atom stereocenters. The second-order valence-corrected chi connectivity index (χ2v) is 8.74. The number of imidazole rings is 1. The fraction of sp³-hybridized carbons (Fsp3) is 0.320. The van der Waals surface area contributed by atoms with Crippen molar-refractivity contribution in [2.24, 2.45) is 7.05 Å². The third kappa shape index (κ3) is 3.31. The highest BCUT2D eigenvalue weighted by Crippen LogP contribution is 2.30. The standard InChI is InChI=1S/C25H31BN3/c1-18(2)21-11-9-12-22(19(3)4)24(21)29-17-16-27(5)25(29)26-23-13-8-7-10-20(23)14-15-28(26)6/h7-19H,1-6H3/q+1. The summed E-state index contributed by atoms with van der Waals surface area (Å²) in [7, 11) is 4.33. The minimum atomic E-state index is 0.163. The molecule has 1 aliphatic rings. The van der Waals surface area contributed by atoms with E-state index >= 15 is 0 Å². The van der Waals surface area contributed by atoms with Crippen LogP contribution in [-0.2, 0) is 7.05 Å². The number of fused-ring (bicyclic) bond motifs is 1. The Bertz CT molecular complexity index is 1040. The van der Waals surface area contributed by atoms with Gasteiger partial charge in [-0.05, 0) is 42.2 Å². The third-order valence-corrected chi connectivity index (χ3v) is 6.06. The Morgan fingerprint density at radius 3 is 2.21 bits per heavy atom. The first-order chi connectivity index (χ1) is 13.9. The summed E-state index contributed by atoms with van der Waals surface area (Å²) in [6, 6.07) is 15.5. The van der Waals surface area contributed by atoms with Crippen molar-refractivity contribution in [1.29, 1.82) is 0 Å². The summed E-state index contributed by atoms with van der Waals surface area (Å²) in [5.74, 6) is 0.918. The van der Waals surface area contributed by atoms with Crippen molar-refractivity contribution in [1.82, 2.24) is 9.38 Å². The van der Waals surface area contributed by atoms with Crippen molar-refractivity contribution in [3.05, 3.63) is 77.7 Å². The van der Waals surface area contributed by atoms with E-state index < -0.39 is 0 Å². The minimum Gasteiger partial charge on any atom is -0.409 e. The molecule has 148 valence electrons. The lowest BCUT2D eigenvalue weighted by molar-refractivity contribution is -0.653. The van der Waals surface area contributed by atoms with E-state index in [0.29, 0.717) is 11.8 Å². The van der Waals surface area contributed by atoms with Gasteiger partial charge in [0.25, 0.3) is 0 Å². The van der Waals surface area contributed by atoms with E-state index in [2.05, 4.69) is 123 Å². The van der Waals surface area contributed by atoms with E-state index in [1.165, 1.54) is 33.6 Å². The number of hydrogen-bond acceptors (Lipinski definition) is 1. The highest BCUT2D eigenvalue weighted by Gasteiger charge is 2.40. The Balaban J connectivity index is 1.99. The molecular weight excluding hydrogens is 353 g/mol. The zero-order valence-corrected chi connectivity index (χ0v) is 18.4. The highest BCUT2D eigenvalue weighted by atomic mass is 15.2. The van der Waals surface area contributed by atoms with E-state index in [1.807, 2.05) is 0 Å². The van der Waals surface area contributed by atoms with Gasteiger partial charge in [-0.25, -0.2) is 9.13 Å². The van der Waals surface area contributed by atoms with E-state index in [4.69, 9.17) is 0 Å². The van der Waals surface area contributed by atoms with E-state index in [9.17, 15) is 0 Å². The van der Waals surface area contributed by atoms with Gasteiger partial charge in [0.2, 0.25) is 5.72 Å². The van der Waals surface area contributed by atoms with E-state index in [1.54, 1.807) is 0 Å². The highest BCUT2D eigenvalue weighted by molar-refractivity contribution is 6.82. The zero-order chi connectivity index (χ0) is 20.7. The molecule has 0 amide bonds. The molecule has 0 N–H and O–H groups in total. The van der Waals surface area contributed by atoms with Crippen molar-refractivity contribution in [2.45, 2.75) is 39.5 Å². The van der Waals surface area contributed by atoms with Crippen LogP contribution in [0, 0.1) is 0 Å². The molecule has 29 heavy (non-hydrogen) atoms. The van der Waals surface area contributed by atoms with Crippen molar-refractivity contribution in [3.8, 4) is 5.69 Å². The molecule has 1 aliphatic heterocycles. The number of para-hydroxylation sites is 1. The van der Waals surface area contributed by atoms with Crippen LogP contribution in [0.4, 0.5) is 0 Å². The predicted octanol–water partition coefficient (Wildman–Crippen LogP) is 3.57. The van der Waals surface area contributed by atoms with Gasteiger partial charge in [0.1, 0.15) is 18.1 Å². The Labute approximate surface area is 175 Å². The quantitative estimate of drug-likeness (QED) is 0.495. The molecule has 0 saturated heterocycles. The minimum absolute atomic E-state index is 0.163. The molecule has 3 aromatic rings. The molecular formula is C25H31BN3+. The number of aryl methyl sites for hydroxylation is 1. The molecule has 2 heterocycles. The SMILES string of the molecule is CC(C)c1cccc(C(C)C)c1-n1cc[n+](C)c1B1c2ccccc2C=CN1C. The van der Waals surface area contributed by atoms with Crippen molar-refractivity contribution >= 4 is 24.1 Å². The second-order valence-electron chi connectivity index (χ2n) is 8.74. The van der Waals surface area contributed by atoms with Gasteiger partial charge in [-0.1, -0.05) is 70.2 Å². The maximum Gasteiger partial charge on any atom is 0.428 e. The number of nitrogens with zero attached hydrogens (tertiary/aromatic N) is 3. The smallest absolute Gasteiger partial charge is 0.409 e. The maximum atomic E-state index is 2.43. The molecule has 0 radical (unpaired) electrons. The van der Waals surface area contributed by atoms with Gasteiger partial charge in [-0.15, -0.1) is 0 Å². The first kappa shape index (κ1) is 19.6. The Hall–Kier alpha value is -2.75. The molecule has 0 atom stereocenters. The number of hydrogen-bond donors (Lipinski definition) is 0. The summed E-state index contributed by atoms with van der Waals surface area (Å²) < 4.78 is 4.71. The van der Waals surface area contributed by atoms with Crippen LogP contribution in [0.5, 0.6) is 0 Å². The normalized spacial score (nSPS) is 13.5. The van der Waals surface area contributed by atoms with Crippen LogP contribution >= 0.6 is 0 Å². The Morgan fingerprint density at radius 2 is 1.55 bits per heavy atom. The van der Waals surface area contributed by atoms with Crippen LogP contribution in [0.15, 0.2) is 61.1 Å². The molecule has 2 aromatic carbocycles. The third-order valence-electron chi connectivity index (χ3n) is 6.06. The summed E-state index contributed by atoms with van der Waals surface area (Å²) in [5.41, 5.74) is 8.06. The summed E-state index contributed by atoms with van der Waals surface area (Å²) >= 11 is 0. The summed E-state index contributed by atoms with van der Waals surface area (Å²) in [6.45, 7) is 9.32. The number of aromatic nitrogens is 2. The molecule has 4 rings (SSSR count). The summed E-state index contributed by atoms with van der Waals surface area (Å²) in [6.07, 6.45) is 8.82. The Morgan fingerprint density at radius 1 is 0.897 bits per heavy atom. The average Bonchev–Trinajstić information content (AvgIpc) is 3.08. The van der Waals surface area contributed by atoms with Crippen molar-refractivity contribution < 1.29 is 4.57 Å². The largest absolute Gasteiger partial charge is 0.428 e. The van der Waals surface area contributed by atoms with Gasteiger partial charge >= 0.3 is 6.85 Å². The van der Waals surface area contributed by atoms with E-state index in [-0.39, 0.29) is 6.85 Å². The molecule has 1 aromatic heterocycles. The van der Waals surface area contributed by atoms with Gasteiger partial charge in [0.15, 0.2) is 0 Å². The molecule has 0 spiro atoms. The Kier molecular flexibility index (Phi) is 5.12. The van der Waals surface area contributed by atoms with Crippen LogP contribution in [-0.4, -0.2) is 23.3 Å². The molecule has 0 saturated carbocycles. The second kappa shape index (κ2) is 7.59. The summed E-state index contributed by atoms with van der Waals surface area (Å²) in [5, 5.41) is 0. The number of benzene rings is 2. The van der Waals surface area contributed by atoms with Crippen LogP contribution in [0.1, 0.15) is 56.2 Å². The zero-order valence-electron chi connectivity index (χ0n) is 18.4. The summed E-state index contributed by atoms with van der Waals surface area (Å²) in [4.78, 5) is 2.32. The van der Waals surface area contributed by atoms with E-state index in [0.717, 1.165) is 0 Å². The lowest BCUT2D eigenvalue weighted by Gasteiger charge is -2.27. The maximum absolute atomic E-state index is 2.43. The number of rotatable bonds is 4. The topological polar surface area (TPSA) is 12.0 Å². The van der Waals surface area contributed by atoms with Crippen LogP contribution in [0.25, 0.3) is 11.8 Å². The van der Waals surface area contributed by atoms with Crippen LogP contribution in [0.3, 0.4) is 0 Å². The van der Waals surface area contributed by atoms with Gasteiger partial charge in [-0.3, -0.25) is 0 Å².